The number of thiazole rings is 1. The molecule has 1 N–H and O–H groups in total. The average molecular weight is 243 g/mol. The standard InChI is InChI=1S/C11H21N3OS/c1-9(14(2)3)5-12-6-10-8-16-11(13-10)7-15-4/h8-9,12H,5-7H2,1-4H3. The zero-order chi connectivity index (χ0) is 12.0. The van der Waals surface area contributed by atoms with E-state index in [2.05, 4.69) is 41.6 Å². The maximum atomic E-state index is 5.04. The highest BCUT2D eigenvalue weighted by atomic mass is 32.1. The molecule has 0 amide bonds. The van der Waals surface area contributed by atoms with E-state index in [0.29, 0.717) is 12.6 Å². The van der Waals surface area contributed by atoms with Gasteiger partial charge in [-0.25, -0.2) is 4.98 Å². The van der Waals surface area contributed by atoms with Crippen LogP contribution in [-0.4, -0.2) is 43.7 Å². The number of hydrogen-bond donors (Lipinski definition) is 1. The maximum absolute atomic E-state index is 5.04. The Hall–Kier alpha value is -0.490. The lowest BCUT2D eigenvalue weighted by Crippen LogP contribution is -2.35. The Morgan fingerprint density at radius 3 is 2.94 bits per heavy atom. The van der Waals surface area contributed by atoms with Gasteiger partial charge in [0.25, 0.3) is 0 Å². The largest absolute Gasteiger partial charge is 0.378 e. The number of aromatic nitrogens is 1. The molecule has 1 heterocycles. The lowest BCUT2D eigenvalue weighted by molar-refractivity contribution is 0.184. The molecule has 5 heteroatoms. The first-order valence-corrected chi connectivity index (χ1v) is 6.30. The minimum atomic E-state index is 0.539. The Morgan fingerprint density at radius 2 is 2.31 bits per heavy atom. The van der Waals surface area contributed by atoms with Crippen molar-refractivity contribution in [2.45, 2.75) is 26.1 Å². The van der Waals surface area contributed by atoms with E-state index in [1.54, 1.807) is 18.4 Å². The van der Waals surface area contributed by atoms with Crippen LogP contribution in [0.2, 0.25) is 0 Å². The molecule has 0 bridgehead atoms. The Morgan fingerprint density at radius 1 is 1.56 bits per heavy atom. The fraction of sp³-hybridized carbons (Fsp3) is 0.727. The molecular formula is C11H21N3OS. The van der Waals surface area contributed by atoms with Crippen LogP contribution in [0.25, 0.3) is 0 Å². The summed E-state index contributed by atoms with van der Waals surface area (Å²) in [6.07, 6.45) is 0. The van der Waals surface area contributed by atoms with Gasteiger partial charge in [-0.2, -0.15) is 0 Å². The minimum Gasteiger partial charge on any atom is -0.378 e. The van der Waals surface area contributed by atoms with E-state index in [-0.39, 0.29) is 0 Å². The van der Waals surface area contributed by atoms with Crippen molar-refractivity contribution in [3.05, 3.63) is 16.1 Å². The molecule has 1 unspecified atom stereocenters. The number of methoxy groups -OCH3 is 1. The zero-order valence-electron chi connectivity index (χ0n) is 10.5. The monoisotopic (exact) mass is 243 g/mol. The zero-order valence-corrected chi connectivity index (χ0v) is 11.3. The van der Waals surface area contributed by atoms with Gasteiger partial charge in [0.1, 0.15) is 5.01 Å². The molecule has 0 aliphatic carbocycles. The van der Waals surface area contributed by atoms with E-state index in [1.165, 1.54) is 0 Å². The van der Waals surface area contributed by atoms with Crippen molar-refractivity contribution < 1.29 is 4.74 Å². The van der Waals surface area contributed by atoms with Gasteiger partial charge in [-0.1, -0.05) is 0 Å². The Kier molecular flexibility index (Phi) is 5.90. The lowest BCUT2D eigenvalue weighted by Gasteiger charge is -2.19. The summed E-state index contributed by atoms with van der Waals surface area (Å²) in [5.41, 5.74) is 1.10. The third kappa shape index (κ3) is 4.57. The first kappa shape index (κ1) is 13.6. The summed E-state index contributed by atoms with van der Waals surface area (Å²) in [6, 6.07) is 0.539. The molecule has 0 saturated carbocycles. The van der Waals surface area contributed by atoms with Crippen molar-refractivity contribution in [2.24, 2.45) is 0 Å². The molecular weight excluding hydrogens is 222 g/mol. The van der Waals surface area contributed by atoms with Gasteiger partial charge in [0, 0.05) is 31.6 Å². The fourth-order valence-corrected chi connectivity index (χ4v) is 1.98. The van der Waals surface area contributed by atoms with Crippen LogP contribution in [0, 0.1) is 0 Å². The van der Waals surface area contributed by atoms with Crippen LogP contribution in [0.3, 0.4) is 0 Å². The summed E-state index contributed by atoms with van der Waals surface area (Å²) < 4.78 is 5.04. The summed E-state index contributed by atoms with van der Waals surface area (Å²) in [6.45, 7) is 4.62. The third-order valence-corrected chi connectivity index (χ3v) is 3.37. The topological polar surface area (TPSA) is 37.4 Å². The lowest BCUT2D eigenvalue weighted by atomic mass is 10.3. The van der Waals surface area contributed by atoms with Crippen LogP contribution in [0.1, 0.15) is 17.6 Å². The molecule has 0 spiro atoms. The molecule has 92 valence electrons. The minimum absolute atomic E-state index is 0.539. The number of hydrogen-bond acceptors (Lipinski definition) is 5. The maximum Gasteiger partial charge on any atom is 0.119 e. The second kappa shape index (κ2) is 6.96. The van der Waals surface area contributed by atoms with E-state index in [1.807, 2.05) is 0 Å². The van der Waals surface area contributed by atoms with E-state index in [0.717, 1.165) is 23.8 Å². The van der Waals surface area contributed by atoms with Crippen LogP contribution in [-0.2, 0) is 17.9 Å². The summed E-state index contributed by atoms with van der Waals surface area (Å²) in [5.74, 6) is 0. The highest BCUT2D eigenvalue weighted by Gasteiger charge is 2.05. The summed E-state index contributed by atoms with van der Waals surface area (Å²) >= 11 is 1.65. The molecule has 0 saturated heterocycles. The van der Waals surface area contributed by atoms with Crippen LogP contribution in [0.15, 0.2) is 5.38 Å². The van der Waals surface area contributed by atoms with Gasteiger partial charge in [0.05, 0.1) is 12.3 Å². The van der Waals surface area contributed by atoms with E-state index in [9.17, 15) is 0 Å². The smallest absolute Gasteiger partial charge is 0.119 e. The van der Waals surface area contributed by atoms with Crippen molar-refractivity contribution in [2.75, 3.05) is 27.7 Å². The predicted molar refractivity (Wildman–Crippen MR) is 67.7 cm³/mol. The molecule has 16 heavy (non-hydrogen) atoms. The molecule has 0 aromatic carbocycles. The first-order valence-electron chi connectivity index (χ1n) is 5.43. The van der Waals surface area contributed by atoms with Crippen molar-refractivity contribution in [1.29, 1.82) is 0 Å². The molecule has 0 radical (unpaired) electrons. The van der Waals surface area contributed by atoms with Gasteiger partial charge in [-0.05, 0) is 21.0 Å². The predicted octanol–water partition coefficient (Wildman–Crippen LogP) is 1.33. The Bertz CT molecular complexity index is 301. The SMILES string of the molecule is COCc1nc(CNCC(C)N(C)C)cs1. The quantitative estimate of drug-likeness (QED) is 0.784. The molecule has 0 aliphatic rings. The van der Waals surface area contributed by atoms with E-state index >= 15 is 0 Å². The molecule has 0 aliphatic heterocycles. The van der Waals surface area contributed by atoms with Crippen LogP contribution < -0.4 is 5.32 Å². The second-order valence-corrected chi connectivity index (χ2v) is 5.05. The summed E-state index contributed by atoms with van der Waals surface area (Å²) in [7, 11) is 5.87. The van der Waals surface area contributed by atoms with Gasteiger partial charge in [-0.3, -0.25) is 0 Å². The van der Waals surface area contributed by atoms with Crippen LogP contribution in [0.4, 0.5) is 0 Å². The number of rotatable bonds is 7. The van der Waals surface area contributed by atoms with Gasteiger partial charge >= 0.3 is 0 Å². The molecule has 0 fully saturated rings. The van der Waals surface area contributed by atoms with Crippen LogP contribution in [0.5, 0.6) is 0 Å². The first-order chi connectivity index (χ1) is 7.63. The molecule has 1 atom stereocenters. The Balaban J connectivity index is 2.26. The molecule has 1 aromatic heterocycles. The van der Waals surface area contributed by atoms with Gasteiger partial charge in [-0.15, -0.1) is 11.3 Å². The average Bonchev–Trinajstić information content (AvgIpc) is 2.66. The van der Waals surface area contributed by atoms with Crippen molar-refractivity contribution in [1.82, 2.24) is 15.2 Å². The number of ether oxygens (including phenoxy) is 1. The molecule has 4 nitrogen and oxygen atoms in total. The highest BCUT2D eigenvalue weighted by Crippen LogP contribution is 2.10. The second-order valence-electron chi connectivity index (χ2n) is 4.11. The highest BCUT2D eigenvalue weighted by molar-refractivity contribution is 7.09. The third-order valence-electron chi connectivity index (χ3n) is 2.49. The van der Waals surface area contributed by atoms with Crippen molar-refractivity contribution in [3.8, 4) is 0 Å². The normalized spacial score (nSPS) is 13.3. The number of nitrogens with one attached hydrogen (secondary N) is 1. The molecule has 1 rings (SSSR count). The van der Waals surface area contributed by atoms with E-state index < -0.39 is 0 Å². The Labute approximate surface area is 102 Å². The summed E-state index contributed by atoms with van der Waals surface area (Å²) in [4.78, 5) is 6.66. The van der Waals surface area contributed by atoms with Gasteiger partial charge in [0.15, 0.2) is 0 Å². The number of likely N-dealkylation sites (N-methyl/N-ethyl adjacent to an activating group) is 1. The molecule has 1 aromatic rings. The van der Waals surface area contributed by atoms with Gasteiger partial charge < -0.3 is 15.0 Å². The fourth-order valence-electron chi connectivity index (χ4n) is 1.21. The van der Waals surface area contributed by atoms with Crippen molar-refractivity contribution in [3.63, 3.8) is 0 Å². The summed E-state index contributed by atoms with van der Waals surface area (Å²) in [5, 5.41) is 6.53. The van der Waals surface area contributed by atoms with E-state index in [4.69, 9.17) is 4.74 Å². The van der Waals surface area contributed by atoms with Crippen molar-refractivity contribution >= 4 is 11.3 Å². The number of nitrogens with zero attached hydrogens (tertiary/aromatic N) is 2. The van der Waals surface area contributed by atoms with Gasteiger partial charge in [0.2, 0.25) is 0 Å². The van der Waals surface area contributed by atoms with Crippen LogP contribution >= 0.6 is 11.3 Å².